The van der Waals surface area contributed by atoms with Crippen LogP contribution >= 0.6 is 0 Å². The van der Waals surface area contributed by atoms with Crippen LogP contribution in [0.2, 0.25) is 0 Å². The van der Waals surface area contributed by atoms with Crippen LogP contribution in [0.1, 0.15) is 80.1 Å². The Labute approximate surface area is 96.8 Å². The van der Waals surface area contributed by atoms with Crippen molar-refractivity contribution in [2.75, 3.05) is 0 Å². The first kappa shape index (κ1) is 13.1. The topological polar surface area (TPSA) is 0 Å². The van der Waals surface area contributed by atoms with Gasteiger partial charge in [-0.15, -0.1) is 0 Å². The molecule has 0 aromatic carbocycles. The lowest BCUT2D eigenvalue weighted by molar-refractivity contribution is 0.0712. The Balaban J connectivity index is 2.58. The molecule has 1 rings (SSSR count). The summed E-state index contributed by atoms with van der Waals surface area (Å²) in [6.45, 7) is 14.6. The van der Waals surface area contributed by atoms with Crippen LogP contribution in [0.5, 0.6) is 0 Å². The number of hydrogen-bond acceptors (Lipinski definition) is 0. The zero-order valence-electron chi connectivity index (χ0n) is 11.7. The van der Waals surface area contributed by atoms with E-state index >= 15 is 0 Å². The first-order valence-electron chi connectivity index (χ1n) is 6.66. The highest BCUT2D eigenvalue weighted by Gasteiger charge is 2.42. The fourth-order valence-electron chi connectivity index (χ4n) is 2.82. The molecule has 1 aliphatic rings. The Bertz CT molecular complexity index is 199. The first-order valence-corrected chi connectivity index (χ1v) is 6.66. The quantitative estimate of drug-likeness (QED) is 0.583. The molecule has 0 bridgehead atoms. The maximum atomic E-state index is 2.52. The molecule has 0 atom stereocenters. The van der Waals surface area contributed by atoms with Gasteiger partial charge in [-0.2, -0.15) is 0 Å². The van der Waals surface area contributed by atoms with Crippen LogP contribution in [-0.2, 0) is 0 Å². The minimum absolute atomic E-state index is 0.492. The van der Waals surface area contributed by atoms with Gasteiger partial charge in [0, 0.05) is 0 Å². The van der Waals surface area contributed by atoms with E-state index in [0.717, 1.165) is 0 Å². The lowest BCUT2D eigenvalue weighted by Gasteiger charge is -2.43. The second-order valence-corrected chi connectivity index (χ2v) is 7.71. The highest BCUT2D eigenvalue weighted by Crippen LogP contribution is 2.53. The van der Waals surface area contributed by atoms with Crippen molar-refractivity contribution in [3.63, 3.8) is 0 Å². The molecule has 0 aliphatic heterocycles. The predicted octanol–water partition coefficient (Wildman–Crippen LogP) is 5.42. The average molecular weight is 210 g/mol. The van der Waals surface area contributed by atoms with Gasteiger partial charge in [0.15, 0.2) is 0 Å². The SMILES string of the molecule is CC(C)(C)CCC(C)(C)C1(C)CCCC1. The largest absolute Gasteiger partial charge is 0.0602 e. The fourth-order valence-corrected chi connectivity index (χ4v) is 2.82. The molecule has 90 valence electrons. The smallest absolute Gasteiger partial charge is 0.0275 e. The van der Waals surface area contributed by atoms with Crippen LogP contribution in [0.15, 0.2) is 0 Å². The molecule has 0 heteroatoms. The van der Waals surface area contributed by atoms with Gasteiger partial charge in [-0.1, -0.05) is 54.4 Å². The van der Waals surface area contributed by atoms with Crippen LogP contribution < -0.4 is 0 Å². The van der Waals surface area contributed by atoms with Gasteiger partial charge in [0.25, 0.3) is 0 Å². The molecular formula is C15H30. The van der Waals surface area contributed by atoms with E-state index in [9.17, 15) is 0 Å². The summed E-state index contributed by atoms with van der Waals surface area (Å²) >= 11 is 0. The van der Waals surface area contributed by atoms with Crippen molar-refractivity contribution in [3.8, 4) is 0 Å². The Morgan fingerprint density at radius 1 is 0.867 bits per heavy atom. The molecule has 0 unspecified atom stereocenters. The Hall–Kier alpha value is 0. The predicted molar refractivity (Wildman–Crippen MR) is 69.0 cm³/mol. The Morgan fingerprint density at radius 2 is 1.33 bits per heavy atom. The van der Waals surface area contributed by atoms with E-state index in [-0.39, 0.29) is 0 Å². The van der Waals surface area contributed by atoms with E-state index in [4.69, 9.17) is 0 Å². The fraction of sp³-hybridized carbons (Fsp3) is 1.00. The summed E-state index contributed by atoms with van der Waals surface area (Å²) in [6.07, 6.45) is 8.54. The molecule has 1 fully saturated rings. The number of hydrogen-bond donors (Lipinski definition) is 0. The van der Waals surface area contributed by atoms with E-state index in [1.165, 1.54) is 38.5 Å². The molecule has 0 N–H and O–H groups in total. The van der Waals surface area contributed by atoms with Crippen molar-refractivity contribution in [2.24, 2.45) is 16.2 Å². The second-order valence-electron chi connectivity index (χ2n) is 7.71. The summed E-state index contributed by atoms with van der Waals surface area (Å²) in [4.78, 5) is 0. The van der Waals surface area contributed by atoms with E-state index in [1.807, 2.05) is 0 Å². The van der Waals surface area contributed by atoms with Crippen molar-refractivity contribution in [2.45, 2.75) is 80.1 Å². The molecule has 15 heavy (non-hydrogen) atoms. The molecule has 0 heterocycles. The third-order valence-corrected chi connectivity index (χ3v) is 4.84. The van der Waals surface area contributed by atoms with E-state index in [1.54, 1.807) is 0 Å². The van der Waals surface area contributed by atoms with Crippen molar-refractivity contribution < 1.29 is 0 Å². The molecule has 1 aliphatic carbocycles. The van der Waals surface area contributed by atoms with Gasteiger partial charge in [0.2, 0.25) is 0 Å². The average Bonchev–Trinajstić information content (AvgIpc) is 2.49. The van der Waals surface area contributed by atoms with Crippen LogP contribution in [0, 0.1) is 16.2 Å². The van der Waals surface area contributed by atoms with E-state index in [2.05, 4.69) is 41.5 Å². The van der Waals surface area contributed by atoms with Crippen molar-refractivity contribution in [3.05, 3.63) is 0 Å². The van der Waals surface area contributed by atoms with Crippen LogP contribution in [0.25, 0.3) is 0 Å². The lowest BCUT2D eigenvalue weighted by atomic mass is 9.62. The summed E-state index contributed by atoms with van der Waals surface area (Å²) < 4.78 is 0. The maximum Gasteiger partial charge on any atom is -0.0275 e. The molecule has 0 saturated heterocycles. The van der Waals surface area contributed by atoms with Gasteiger partial charge in [-0.3, -0.25) is 0 Å². The summed E-state index contributed by atoms with van der Waals surface area (Å²) in [5.74, 6) is 0. The van der Waals surface area contributed by atoms with Crippen molar-refractivity contribution in [1.29, 1.82) is 0 Å². The van der Waals surface area contributed by atoms with Gasteiger partial charge in [0.1, 0.15) is 0 Å². The summed E-state index contributed by atoms with van der Waals surface area (Å²) in [5.41, 5.74) is 1.63. The third kappa shape index (κ3) is 3.23. The highest BCUT2D eigenvalue weighted by atomic mass is 14.5. The van der Waals surface area contributed by atoms with Gasteiger partial charge in [-0.25, -0.2) is 0 Å². The summed E-state index contributed by atoms with van der Waals surface area (Å²) in [6, 6.07) is 0. The van der Waals surface area contributed by atoms with Gasteiger partial charge >= 0.3 is 0 Å². The standard InChI is InChI=1S/C15H30/c1-13(2,3)11-12-14(4,5)15(6)9-7-8-10-15/h7-12H2,1-6H3. The van der Waals surface area contributed by atoms with E-state index < -0.39 is 0 Å². The third-order valence-electron chi connectivity index (χ3n) is 4.84. The first-order chi connectivity index (χ1) is 6.66. The molecule has 1 saturated carbocycles. The normalized spacial score (nSPS) is 22.0. The zero-order chi connectivity index (χ0) is 11.7. The van der Waals surface area contributed by atoms with Gasteiger partial charge < -0.3 is 0 Å². The second kappa shape index (κ2) is 4.11. The Kier molecular flexibility index (Phi) is 3.58. The van der Waals surface area contributed by atoms with Crippen molar-refractivity contribution >= 4 is 0 Å². The van der Waals surface area contributed by atoms with Crippen LogP contribution in [0.4, 0.5) is 0 Å². The maximum absolute atomic E-state index is 2.52. The molecule has 0 aromatic heterocycles. The molecule has 0 aromatic rings. The summed E-state index contributed by atoms with van der Waals surface area (Å²) in [5, 5.41) is 0. The Morgan fingerprint density at radius 3 is 1.73 bits per heavy atom. The highest BCUT2D eigenvalue weighted by molar-refractivity contribution is 4.93. The summed E-state index contributed by atoms with van der Waals surface area (Å²) in [7, 11) is 0. The minimum Gasteiger partial charge on any atom is -0.0602 e. The zero-order valence-corrected chi connectivity index (χ0v) is 11.7. The van der Waals surface area contributed by atoms with Crippen LogP contribution in [0.3, 0.4) is 0 Å². The van der Waals surface area contributed by atoms with Gasteiger partial charge in [-0.05, 0) is 41.9 Å². The number of rotatable bonds is 3. The minimum atomic E-state index is 0.492. The van der Waals surface area contributed by atoms with Crippen molar-refractivity contribution in [1.82, 2.24) is 0 Å². The monoisotopic (exact) mass is 210 g/mol. The molecular weight excluding hydrogens is 180 g/mol. The molecule has 0 nitrogen and oxygen atoms in total. The van der Waals surface area contributed by atoms with Gasteiger partial charge in [0.05, 0.1) is 0 Å². The molecule has 0 radical (unpaired) electrons. The molecule has 0 spiro atoms. The van der Waals surface area contributed by atoms with E-state index in [0.29, 0.717) is 16.2 Å². The molecule has 0 amide bonds. The lowest BCUT2D eigenvalue weighted by Crippen LogP contribution is -2.33. The van der Waals surface area contributed by atoms with Crippen LogP contribution in [-0.4, -0.2) is 0 Å².